The van der Waals surface area contributed by atoms with Gasteiger partial charge in [0.1, 0.15) is 11.5 Å². The first kappa shape index (κ1) is 19.0. The Hall–Kier alpha value is -2.34. The van der Waals surface area contributed by atoms with E-state index in [0.717, 1.165) is 28.6 Å². The lowest BCUT2D eigenvalue weighted by molar-refractivity contribution is -0.123. The predicted octanol–water partition coefficient (Wildman–Crippen LogP) is 3.94. The topological polar surface area (TPSA) is 59.9 Å². The zero-order valence-electron chi connectivity index (χ0n) is 14.3. The number of halogens is 1. The minimum Gasteiger partial charge on any atom is -0.496 e. The van der Waals surface area contributed by atoms with Crippen molar-refractivity contribution in [1.82, 2.24) is 5.43 Å². The molecule has 0 bridgehead atoms. The molecular formula is C19H21BrN2O3. The largest absolute Gasteiger partial charge is 0.496 e. The van der Waals surface area contributed by atoms with Crippen molar-refractivity contribution in [2.24, 2.45) is 5.10 Å². The van der Waals surface area contributed by atoms with Crippen LogP contribution in [0.4, 0.5) is 0 Å². The van der Waals surface area contributed by atoms with Crippen LogP contribution < -0.4 is 14.9 Å². The number of rotatable bonds is 8. The van der Waals surface area contributed by atoms with Crippen molar-refractivity contribution in [3.8, 4) is 11.5 Å². The Balaban J connectivity index is 1.79. The highest BCUT2D eigenvalue weighted by Crippen LogP contribution is 2.24. The summed E-state index contributed by atoms with van der Waals surface area (Å²) < 4.78 is 11.4. The molecule has 0 saturated heterocycles. The molecule has 0 unspecified atom stereocenters. The fourth-order valence-electron chi connectivity index (χ4n) is 2.16. The molecule has 1 amide bonds. The maximum absolute atomic E-state index is 11.8. The van der Waals surface area contributed by atoms with Crippen molar-refractivity contribution in [3.05, 3.63) is 58.1 Å². The summed E-state index contributed by atoms with van der Waals surface area (Å²) in [4.78, 5) is 11.8. The highest BCUT2D eigenvalue weighted by molar-refractivity contribution is 9.10. The third kappa shape index (κ3) is 6.23. The van der Waals surface area contributed by atoms with E-state index in [9.17, 15) is 4.79 Å². The summed E-state index contributed by atoms with van der Waals surface area (Å²) in [6.45, 7) is 2.05. The Morgan fingerprint density at radius 2 is 2.00 bits per heavy atom. The fraction of sp³-hybridized carbons (Fsp3) is 0.263. The maximum atomic E-state index is 11.8. The van der Waals surface area contributed by atoms with Crippen molar-refractivity contribution in [1.29, 1.82) is 0 Å². The SMILES string of the molecule is CCCc1ccc(OCC(=O)N/N=C/c2ccc(OC)c(Br)c2)cc1. The second-order valence-corrected chi connectivity index (χ2v) is 6.22. The second kappa shape index (κ2) is 9.84. The normalized spacial score (nSPS) is 10.7. The summed E-state index contributed by atoms with van der Waals surface area (Å²) in [5.74, 6) is 1.08. The molecule has 5 nitrogen and oxygen atoms in total. The summed E-state index contributed by atoms with van der Waals surface area (Å²) in [5, 5.41) is 3.92. The number of carbonyl (C=O) groups excluding carboxylic acids is 1. The molecule has 0 aliphatic rings. The summed E-state index contributed by atoms with van der Waals surface area (Å²) in [5.41, 5.74) is 4.53. The minimum atomic E-state index is -0.318. The first-order valence-electron chi connectivity index (χ1n) is 7.99. The van der Waals surface area contributed by atoms with Crippen molar-refractivity contribution in [3.63, 3.8) is 0 Å². The quantitative estimate of drug-likeness (QED) is 0.535. The van der Waals surface area contributed by atoms with Gasteiger partial charge in [0.15, 0.2) is 6.61 Å². The molecule has 0 fully saturated rings. The van der Waals surface area contributed by atoms with E-state index in [1.54, 1.807) is 13.3 Å². The molecule has 132 valence electrons. The molecular weight excluding hydrogens is 384 g/mol. The van der Waals surface area contributed by atoms with Gasteiger partial charge in [-0.3, -0.25) is 4.79 Å². The van der Waals surface area contributed by atoms with Crippen molar-refractivity contribution in [2.75, 3.05) is 13.7 Å². The maximum Gasteiger partial charge on any atom is 0.277 e. The molecule has 0 atom stereocenters. The Morgan fingerprint density at radius 1 is 1.24 bits per heavy atom. The minimum absolute atomic E-state index is 0.0865. The van der Waals surface area contributed by atoms with E-state index in [2.05, 4.69) is 33.4 Å². The summed E-state index contributed by atoms with van der Waals surface area (Å²) in [7, 11) is 1.60. The van der Waals surface area contributed by atoms with Crippen LogP contribution in [0.3, 0.4) is 0 Å². The monoisotopic (exact) mass is 404 g/mol. The zero-order valence-corrected chi connectivity index (χ0v) is 15.9. The summed E-state index contributed by atoms with van der Waals surface area (Å²) in [6.07, 6.45) is 3.70. The van der Waals surface area contributed by atoms with Crippen LogP contribution in [0.1, 0.15) is 24.5 Å². The highest BCUT2D eigenvalue weighted by atomic mass is 79.9. The van der Waals surface area contributed by atoms with Crippen LogP contribution in [-0.2, 0) is 11.2 Å². The van der Waals surface area contributed by atoms with Crippen LogP contribution in [0, 0.1) is 0 Å². The van der Waals surface area contributed by atoms with E-state index < -0.39 is 0 Å². The smallest absolute Gasteiger partial charge is 0.277 e. The van der Waals surface area contributed by atoms with Gasteiger partial charge in [0.25, 0.3) is 5.91 Å². The first-order chi connectivity index (χ1) is 12.1. The number of hydrazone groups is 1. The number of carbonyl (C=O) groups is 1. The van der Waals surface area contributed by atoms with Crippen molar-refractivity contribution >= 4 is 28.1 Å². The number of benzene rings is 2. The molecule has 25 heavy (non-hydrogen) atoms. The van der Waals surface area contributed by atoms with Gasteiger partial charge in [0.05, 0.1) is 17.8 Å². The number of ether oxygens (including phenoxy) is 2. The number of hydrogen-bond donors (Lipinski definition) is 1. The Labute approximate surface area is 156 Å². The Kier molecular flexibility index (Phi) is 7.47. The second-order valence-electron chi connectivity index (χ2n) is 5.37. The van der Waals surface area contributed by atoms with Gasteiger partial charge < -0.3 is 9.47 Å². The van der Waals surface area contributed by atoms with Crippen molar-refractivity contribution < 1.29 is 14.3 Å². The highest BCUT2D eigenvalue weighted by Gasteiger charge is 2.02. The van der Waals surface area contributed by atoms with E-state index in [4.69, 9.17) is 9.47 Å². The van der Waals surface area contributed by atoms with Crippen LogP contribution in [0.25, 0.3) is 0 Å². The Bertz CT molecular complexity index is 730. The molecule has 0 saturated carbocycles. The van der Waals surface area contributed by atoms with Crippen LogP contribution in [0.15, 0.2) is 52.0 Å². The van der Waals surface area contributed by atoms with E-state index in [1.165, 1.54) is 5.56 Å². The average molecular weight is 405 g/mol. The molecule has 0 radical (unpaired) electrons. The lowest BCUT2D eigenvalue weighted by Gasteiger charge is -2.06. The number of nitrogens with zero attached hydrogens (tertiary/aromatic N) is 1. The van der Waals surface area contributed by atoms with Gasteiger partial charge >= 0.3 is 0 Å². The lowest BCUT2D eigenvalue weighted by atomic mass is 10.1. The van der Waals surface area contributed by atoms with E-state index in [-0.39, 0.29) is 12.5 Å². The number of hydrogen-bond acceptors (Lipinski definition) is 4. The predicted molar refractivity (Wildman–Crippen MR) is 102 cm³/mol. The molecule has 1 N–H and O–H groups in total. The number of amides is 1. The van der Waals surface area contributed by atoms with E-state index >= 15 is 0 Å². The number of nitrogens with one attached hydrogen (secondary N) is 1. The fourth-order valence-corrected chi connectivity index (χ4v) is 2.72. The molecule has 0 aliphatic heterocycles. The van der Waals surface area contributed by atoms with Crippen molar-refractivity contribution in [2.45, 2.75) is 19.8 Å². The standard InChI is InChI=1S/C19H21BrN2O3/c1-3-4-14-5-8-16(9-6-14)25-13-19(23)22-21-12-15-7-10-18(24-2)17(20)11-15/h5-12H,3-4,13H2,1-2H3,(H,22,23)/b21-12+. The molecule has 0 heterocycles. The van der Waals surface area contributed by atoms with Gasteiger partial charge in [0.2, 0.25) is 0 Å². The third-order valence-corrected chi connectivity index (χ3v) is 4.03. The van der Waals surface area contributed by atoms with Crippen LogP contribution in [0.5, 0.6) is 11.5 Å². The van der Waals surface area contributed by atoms with Crippen LogP contribution in [-0.4, -0.2) is 25.8 Å². The molecule has 0 aromatic heterocycles. The summed E-state index contributed by atoms with van der Waals surface area (Å²) in [6, 6.07) is 13.3. The number of methoxy groups -OCH3 is 1. The first-order valence-corrected chi connectivity index (χ1v) is 8.79. The van der Waals surface area contributed by atoms with Gasteiger partial charge in [0, 0.05) is 0 Å². The average Bonchev–Trinajstić information content (AvgIpc) is 2.61. The van der Waals surface area contributed by atoms with E-state index in [1.807, 2.05) is 42.5 Å². The van der Waals surface area contributed by atoms with Gasteiger partial charge in [-0.05, 0) is 63.8 Å². The van der Waals surface area contributed by atoms with E-state index in [0.29, 0.717) is 5.75 Å². The third-order valence-electron chi connectivity index (χ3n) is 3.41. The van der Waals surface area contributed by atoms with Crippen LogP contribution in [0.2, 0.25) is 0 Å². The number of aryl methyl sites for hydroxylation is 1. The molecule has 2 aromatic rings. The van der Waals surface area contributed by atoms with Gasteiger partial charge in [-0.1, -0.05) is 25.5 Å². The Morgan fingerprint density at radius 3 is 2.64 bits per heavy atom. The summed E-state index contributed by atoms with van der Waals surface area (Å²) >= 11 is 3.40. The lowest BCUT2D eigenvalue weighted by Crippen LogP contribution is -2.24. The molecule has 2 aromatic carbocycles. The zero-order chi connectivity index (χ0) is 18.1. The molecule has 6 heteroatoms. The molecule has 0 aliphatic carbocycles. The van der Waals surface area contributed by atoms with Crippen LogP contribution >= 0.6 is 15.9 Å². The molecule has 0 spiro atoms. The van der Waals surface area contributed by atoms with Gasteiger partial charge in [-0.25, -0.2) is 5.43 Å². The molecule has 2 rings (SSSR count). The van der Waals surface area contributed by atoms with Gasteiger partial charge in [-0.2, -0.15) is 5.10 Å². The van der Waals surface area contributed by atoms with Gasteiger partial charge in [-0.15, -0.1) is 0 Å².